The topological polar surface area (TPSA) is 15.3 Å². The second-order valence-electron chi connectivity index (χ2n) is 4.90. The lowest BCUT2D eigenvalue weighted by atomic mass is 9.80. The highest BCUT2D eigenvalue weighted by Crippen LogP contribution is 2.29. The predicted molar refractivity (Wildman–Crippen MR) is 76.3 cm³/mol. The first-order chi connectivity index (χ1) is 8.87. The summed E-state index contributed by atoms with van der Waals surface area (Å²) in [5.41, 5.74) is 1.81. The molecule has 0 bridgehead atoms. The number of halogens is 3. The second kappa shape index (κ2) is 5.67. The van der Waals surface area contributed by atoms with Gasteiger partial charge in [0.1, 0.15) is 0 Å². The number of nitrogens with one attached hydrogen (secondary N) is 1. The lowest BCUT2D eigenvalue weighted by molar-refractivity contribution is 0.468. The van der Waals surface area contributed by atoms with Gasteiger partial charge in [0.15, 0.2) is 0 Å². The van der Waals surface area contributed by atoms with E-state index in [1.165, 1.54) is 0 Å². The van der Waals surface area contributed by atoms with Crippen molar-refractivity contribution in [1.29, 1.82) is 0 Å². The molecule has 1 aromatic carbocycles. The van der Waals surface area contributed by atoms with Crippen molar-refractivity contribution in [1.82, 2.24) is 5.32 Å². The van der Waals surface area contributed by atoms with Crippen LogP contribution >= 0.6 is 12.6 Å². The Bertz CT molecular complexity index is 459. The average molecular weight is 289 g/mol. The number of rotatable bonds is 3. The molecule has 0 radical (unpaired) electrons. The summed E-state index contributed by atoms with van der Waals surface area (Å²) in [5.74, 6) is 0. The number of hydrogen-bond donors (Lipinski definition) is 2. The van der Waals surface area contributed by atoms with Crippen LogP contribution in [0.3, 0.4) is 0 Å². The van der Waals surface area contributed by atoms with Crippen LogP contribution in [-0.4, -0.2) is 33.2 Å². The van der Waals surface area contributed by atoms with E-state index < -0.39 is 13.3 Å². The number of anilines is 1. The van der Waals surface area contributed by atoms with Gasteiger partial charge in [0.25, 0.3) is 0 Å². The number of benzene rings is 1. The maximum atomic E-state index is 12.6. The van der Waals surface area contributed by atoms with E-state index in [0.717, 1.165) is 31.9 Å². The molecule has 1 saturated heterocycles. The zero-order valence-corrected chi connectivity index (χ0v) is 11.7. The van der Waals surface area contributed by atoms with Gasteiger partial charge in [-0.1, -0.05) is 11.9 Å². The summed E-state index contributed by atoms with van der Waals surface area (Å²) in [4.78, 5) is 2.73. The minimum absolute atomic E-state index is 0.341. The molecular weight excluding hydrogens is 272 g/mol. The fourth-order valence-electron chi connectivity index (χ4n) is 2.31. The standard InChI is InChI=1S/C12H17BF3N2S/c1-9-10(8-13(14,15)16)6-11(7-12(9)19)18-4-2-17-3-5-18/h6-7,17,19H,2-5,8H2,1H3/q-1. The molecule has 1 heterocycles. The molecule has 1 N–H and O–H groups in total. The summed E-state index contributed by atoms with van der Waals surface area (Å²) in [7, 11) is 0. The Hall–Kier alpha value is -0.815. The first-order valence-electron chi connectivity index (χ1n) is 6.36. The third-order valence-corrected chi connectivity index (χ3v) is 3.87. The van der Waals surface area contributed by atoms with E-state index in [0.29, 0.717) is 16.0 Å². The Morgan fingerprint density at radius 3 is 2.47 bits per heavy atom. The monoisotopic (exact) mass is 289 g/mol. The normalized spacial score (nSPS) is 16.8. The van der Waals surface area contributed by atoms with Crippen LogP contribution < -0.4 is 10.2 Å². The molecule has 0 aromatic heterocycles. The molecule has 0 spiro atoms. The van der Waals surface area contributed by atoms with Crippen molar-refractivity contribution in [2.75, 3.05) is 31.1 Å². The van der Waals surface area contributed by atoms with Gasteiger partial charge in [-0.2, -0.15) is 0 Å². The molecule has 0 unspecified atom stereocenters. The summed E-state index contributed by atoms with van der Waals surface area (Å²) in [6.07, 6.45) is -0.834. The van der Waals surface area contributed by atoms with Crippen molar-refractivity contribution < 1.29 is 12.9 Å². The van der Waals surface area contributed by atoms with Gasteiger partial charge in [-0.15, -0.1) is 12.6 Å². The Kier molecular flexibility index (Phi) is 4.35. The molecule has 0 saturated carbocycles. The van der Waals surface area contributed by atoms with E-state index in [-0.39, 0.29) is 0 Å². The van der Waals surface area contributed by atoms with Gasteiger partial charge >= 0.3 is 6.98 Å². The van der Waals surface area contributed by atoms with E-state index in [2.05, 4.69) is 22.8 Å². The average Bonchev–Trinajstić information content (AvgIpc) is 2.34. The quantitative estimate of drug-likeness (QED) is 0.657. The third kappa shape index (κ3) is 3.83. The Morgan fingerprint density at radius 2 is 1.89 bits per heavy atom. The molecule has 2 rings (SSSR count). The molecule has 0 aliphatic carbocycles. The van der Waals surface area contributed by atoms with Crippen LogP contribution in [0.1, 0.15) is 11.1 Å². The molecule has 1 aromatic rings. The second-order valence-corrected chi connectivity index (χ2v) is 5.38. The van der Waals surface area contributed by atoms with Crippen LogP contribution in [0.5, 0.6) is 0 Å². The van der Waals surface area contributed by atoms with E-state index >= 15 is 0 Å². The van der Waals surface area contributed by atoms with Crippen molar-refractivity contribution in [2.24, 2.45) is 0 Å². The zero-order chi connectivity index (χ0) is 14.0. The summed E-state index contributed by atoms with van der Waals surface area (Å²) >= 11 is 4.30. The van der Waals surface area contributed by atoms with Crippen LogP contribution in [0, 0.1) is 6.92 Å². The first kappa shape index (κ1) is 14.6. The van der Waals surface area contributed by atoms with Gasteiger partial charge in [0, 0.05) is 36.8 Å². The maximum absolute atomic E-state index is 12.6. The molecule has 19 heavy (non-hydrogen) atoms. The Labute approximate surface area is 116 Å². The minimum atomic E-state index is -4.82. The highest BCUT2D eigenvalue weighted by molar-refractivity contribution is 7.80. The molecule has 2 nitrogen and oxygen atoms in total. The molecule has 1 aliphatic rings. The maximum Gasteiger partial charge on any atom is 0.482 e. The van der Waals surface area contributed by atoms with Gasteiger partial charge in [0.2, 0.25) is 0 Å². The summed E-state index contributed by atoms with van der Waals surface area (Å²) in [6, 6.07) is 3.52. The third-order valence-electron chi connectivity index (χ3n) is 3.41. The van der Waals surface area contributed by atoms with Gasteiger partial charge in [-0.05, 0) is 24.6 Å². The first-order valence-corrected chi connectivity index (χ1v) is 6.81. The SMILES string of the molecule is Cc1c(S)cc(N2CCNCC2)cc1C[B-](F)(F)F. The summed E-state index contributed by atoms with van der Waals surface area (Å²) in [5, 5.41) is 3.23. The molecule has 0 atom stereocenters. The van der Waals surface area contributed by atoms with E-state index in [9.17, 15) is 12.9 Å². The van der Waals surface area contributed by atoms with Gasteiger partial charge in [-0.25, -0.2) is 0 Å². The van der Waals surface area contributed by atoms with Crippen molar-refractivity contribution in [3.8, 4) is 0 Å². The number of nitrogens with zero attached hydrogens (tertiary/aromatic N) is 1. The van der Waals surface area contributed by atoms with Crippen LogP contribution in [0.25, 0.3) is 0 Å². The minimum Gasteiger partial charge on any atom is -0.449 e. The molecular formula is C12H17BF3N2S-. The molecule has 7 heteroatoms. The number of piperazine rings is 1. The van der Waals surface area contributed by atoms with Crippen LogP contribution in [0.15, 0.2) is 17.0 Å². The predicted octanol–water partition coefficient (Wildman–Crippen LogP) is 2.62. The van der Waals surface area contributed by atoms with Crippen LogP contribution in [0.4, 0.5) is 18.6 Å². The smallest absolute Gasteiger partial charge is 0.449 e. The number of hydrogen-bond acceptors (Lipinski definition) is 3. The molecule has 106 valence electrons. The highest BCUT2D eigenvalue weighted by atomic mass is 32.1. The van der Waals surface area contributed by atoms with E-state index in [1.54, 1.807) is 13.0 Å². The van der Waals surface area contributed by atoms with Crippen molar-refractivity contribution >= 4 is 25.3 Å². The fraction of sp³-hybridized carbons (Fsp3) is 0.500. The van der Waals surface area contributed by atoms with Crippen LogP contribution in [-0.2, 0) is 6.32 Å². The van der Waals surface area contributed by atoms with E-state index in [4.69, 9.17) is 0 Å². The Balaban J connectivity index is 2.30. The summed E-state index contributed by atoms with van der Waals surface area (Å²) in [6.45, 7) is 0.213. The lowest BCUT2D eigenvalue weighted by Crippen LogP contribution is -2.43. The largest absolute Gasteiger partial charge is 0.482 e. The zero-order valence-electron chi connectivity index (χ0n) is 10.8. The van der Waals surface area contributed by atoms with Crippen LogP contribution in [0.2, 0.25) is 0 Å². The van der Waals surface area contributed by atoms with Gasteiger partial charge < -0.3 is 23.2 Å². The van der Waals surface area contributed by atoms with Crippen molar-refractivity contribution in [3.05, 3.63) is 23.3 Å². The summed E-state index contributed by atoms with van der Waals surface area (Å²) < 4.78 is 37.9. The molecule has 1 fully saturated rings. The van der Waals surface area contributed by atoms with Gasteiger partial charge in [-0.3, -0.25) is 0 Å². The van der Waals surface area contributed by atoms with Crippen molar-refractivity contribution in [3.63, 3.8) is 0 Å². The van der Waals surface area contributed by atoms with E-state index in [1.807, 2.05) is 6.07 Å². The highest BCUT2D eigenvalue weighted by Gasteiger charge is 2.25. The Morgan fingerprint density at radius 1 is 1.26 bits per heavy atom. The number of thiol groups is 1. The lowest BCUT2D eigenvalue weighted by Gasteiger charge is -2.31. The van der Waals surface area contributed by atoms with Gasteiger partial charge in [0.05, 0.1) is 0 Å². The van der Waals surface area contributed by atoms with Crippen molar-refractivity contribution in [2.45, 2.75) is 18.1 Å². The molecule has 1 aliphatic heterocycles. The molecule has 0 amide bonds. The fourth-order valence-corrected chi connectivity index (χ4v) is 2.58.